The Hall–Kier alpha value is -1.89. The first-order valence-electron chi connectivity index (χ1n) is 6.10. The van der Waals surface area contributed by atoms with Crippen LogP contribution in [0.25, 0.3) is 11.1 Å². The van der Waals surface area contributed by atoms with Gasteiger partial charge in [-0.05, 0) is 22.1 Å². The Balaban J connectivity index is 2.44. The maximum absolute atomic E-state index is 10.9. The van der Waals surface area contributed by atoms with Crippen molar-refractivity contribution in [2.45, 2.75) is 26.2 Å². The summed E-state index contributed by atoms with van der Waals surface area (Å²) in [5.74, 6) is 0. The third-order valence-corrected chi connectivity index (χ3v) is 3.10. The van der Waals surface area contributed by atoms with Gasteiger partial charge in [0.15, 0.2) is 0 Å². The highest BCUT2D eigenvalue weighted by molar-refractivity contribution is 5.87. The van der Waals surface area contributed by atoms with E-state index in [1.807, 2.05) is 24.5 Å². The predicted molar refractivity (Wildman–Crippen MR) is 75.4 cm³/mol. The molecule has 0 heterocycles. The van der Waals surface area contributed by atoms with E-state index in [1.54, 1.807) is 6.07 Å². The molecule has 2 aromatic carbocycles. The highest BCUT2D eigenvalue weighted by atomic mass is 16.1. The largest absolute Gasteiger partial charge is 0.285 e. The van der Waals surface area contributed by atoms with E-state index in [2.05, 4.69) is 45.0 Å². The summed E-state index contributed by atoms with van der Waals surface area (Å²) in [6.45, 7) is 6.57. The van der Waals surface area contributed by atoms with Crippen molar-refractivity contribution >= 4 is 6.29 Å². The summed E-state index contributed by atoms with van der Waals surface area (Å²) >= 11 is 0. The number of hydrogen-bond acceptors (Lipinski definition) is 1. The van der Waals surface area contributed by atoms with Crippen molar-refractivity contribution in [3.8, 4) is 11.1 Å². The summed E-state index contributed by atoms with van der Waals surface area (Å²) < 4.78 is 0. The lowest BCUT2D eigenvalue weighted by molar-refractivity contribution is 0.563. The zero-order valence-corrected chi connectivity index (χ0v) is 11.0. The first-order valence-corrected chi connectivity index (χ1v) is 6.10. The fourth-order valence-corrected chi connectivity index (χ4v) is 1.97. The fraction of sp³-hybridized carbons (Fsp3) is 0.235. The van der Waals surface area contributed by atoms with Gasteiger partial charge in [0.2, 0.25) is 6.29 Å². The van der Waals surface area contributed by atoms with Crippen molar-refractivity contribution < 1.29 is 4.79 Å². The van der Waals surface area contributed by atoms with Crippen LogP contribution in [0.4, 0.5) is 0 Å². The molecule has 0 bridgehead atoms. The van der Waals surface area contributed by atoms with Crippen LogP contribution in [0.2, 0.25) is 0 Å². The minimum absolute atomic E-state index is 0.148. The molecule has 1 nitrogen and oxygen atoms in total. The monoisotopic (exact) mass is 237 g/mol. The lowest BCUT2D eigenvalue weighted by Crippen LogP contribution is -2.10. The van der Waals surface area contributed by atoms with Gasteiger partial charge in [-0.1, -0.05) is 69.3 Å². The van der Waals surface area contributed by atoms with E-state index in [0.29, 0.717) is 5.56 Å². The van der Waals surface area contributed by atoms with Crippen LogP contribution >= 0.6 is 0 Å². The summed E-state index contributed by atoms with van der Waals surface area (Å²) in [4.78, 5) is 10.9. The average Bonchev–Trinajstić information content (AvgIpc) is 2.38. The Bertz CT molecular complexity index is 545. The van der Waals surface area contributed by atoms with Crippen molar-refractivity contribution in [3.05, 3.63) is 59.7 Å². The third kappa shape index (κ3) is 2.51. The molecule has 1 heteroatoms. The maximum Gasteiger partial charge on any atom is 0.234 e. The molecule has 0 saturated heterocycles. The molecule has 0 atom stereocenters. The number of benzene rings is 2. The van der Waals surface area contributed by atoms with Gasteiger partial charge < -0.3 is 0 Å². The first-order chi connectivity index (χ1) is 8.52. The molecule has 2 aromatic rings. The number of hydrogen-bond donors (Lipinski definition) is 0. The lowest BCUT2D eigenvalue weighted by Gasteiger charge is -2.19. The van der Waals surface area contributed by atoms with E-state index in [1.165, 1.54) is 5.56 Å². The highest BCUT2D eigenvalue weighted by Gasteiger charge is 2.13. The van der Waals surface area contributed by atoms with Crippen LogP contribution in [0.15, 0.2) is 48.5 Å². The van der Waals surface area contributed by atoms with Crippen LogP contribution in [0, 0.1) is 0 Å². The minimum atomic E-state index is 0.148. The van der Waals surface area contributed by atoms with Crippen molar-refractivity contribution in [2.24, 2.45) is 0 Å². The molecular formula is C17H17O. The van der Waals surface area contributed by atoms with Gasteiger partial charge in [-0.2, -0.15) is 0 Å². The topological polar surface area (TPSA) is 17.1 Å². The van der Waals surface area contributed by atoms with Crippen molar-refractivity contribution in [1.29, 1.82) is 0 Å². The fourth-order valence-electron chi connectivity index (χ4n) is 1.97. The van der Waals surface area contributed by atoms with E-state index in [9.17, 15) is 4.79 Å². The van der Waals surface area contributed by atoms with Crippen LogP contribution in [-0.4, -0.2) is 6.29 Å². The van der Waals surface area contributed by atoms with Gasteiger partial charge >= 0.3 is 0 Å². The smallest absolute Gasteiger partial charge is 0.234 e. The molecule has 0 aliphatic carbocycles. The zero-order chi connectivity index (χ0) is 13.2. The Kier molecular flexibility index (Phi) is 3.33. The first kappa shape index (κ1) is 12.6. The summed E-state index contributed by atoms with van der Waals surface area (Å²) in [6.07, 6.45) is 1.99. The van der Waals surface area contributed by atoms with Crippen LogP contribution in [0.3, 0.4) is 0 Å². The summed E-state index contributed by atoms with van der Waals surface area (Å²) in [5, 5.41) is 0. The summed E-state index contributed by atoms with van der Waals surface area (Å²) in [5.41, 5.74) is 4.05. The molecule has 0 N–H and O–H groups in total. The number of carbonyl (C=O) groups excluding carboxylic acids is 1. The van der Waals surface area contributed by atoms with Crippen LogP contribution in [0.1, 0.15) is 31.9 Å². The summed E-state index contributed by atoms with van der Waals surface area (Å²) in [6, 6.07) is 15.9. The second-order valence-corrected chi connectivity index (χ2v) is 5.47. The standard InChI is InChI=1S/C17H17O/c1-17(2,3)15-10-8-13(9-11-15)16-7-5-4-6-14(16)12-18/h4-11H,1-3H3. The molecule has 0 amide bonds. The second kappa shape index (κ2) is 4.77. The molecule has 0 aromatic heterocycles. The molecule has 0 unspecified atom stereocenters. The van der Waals surface area contributed by atoms with Crippen LogP contribution in [0.5, 0.6) is 0 Å². The Morgan fingerprint density at radius 2 is 1.50 bits per heavy atom. The van der Waals surface area contributed by atoms with E-state index in [0.717, 1.165) is 11.1 Å². The van der Waals surface area contributed by atoms with E-state index >= 15 is 0 Å². The SMILES string of the molecule is CC(C)(C)c1ccc(-c2ccccc2[C]=O)cc1. The Morgan fingerprint density at radius 1 is 0.889 bits per heavy atom. The van der Waals surface area contributed by atoms with Crippen molar-refractivity contribution in [2.75, 3.05) is 0 Å². The van der Waals surface area contributed by atoms with Gasteiger partial charge in [0.05, 0.1) is 0 Å². The minimum Gasteiger partial charge on any atom is -0.285 e. The molecule has 0 fully saturated rings. The van der Waals surface area contributed by atoms with Gasteiger partial charge in [-0.3, -0.25) is 4.79 Å². The lowest BCUT2D eigenvalue weighted by atomic mass is 9.86. The molecule has 18 heavy (non-hydrogen) atoms. The Labute approximate surface area is 108 Å². The zero-order valence-electron chi connectivity index (χ0n) is 11.0. The maximum atomic E-state index is 10.9. The van der Waals surface area contributed by atoms with Gasteiger partial charge in [-0.15, -0.1) is 0 Å². The molecule has 0 spiro atoms. The van der Waals surface area contributed by atoms with E-state index in [4.69, 9.17) is 0 Å². The second-order valence-electron chi connectivity index (χ2n) is 5.47. The number of rotatable bonds is 2. The molecular weight excluding hydrogens is 220 g/mol. The average molecular weight is 237 g/mol. The van der Waals surface area contributed by atoms with E-state index < -0.39 is 0 Å². The van der Waals surface area contributed by atoms with Crippen LogP contribution in [-0.2, 0) is 10.2 Å². The van der Waals surface area contributed by atoms with Crippen molar-refractivity contribution in [1.82, 2.24) is 0 Å². The molecule has 0 aliphatic rings. The van der Waals surface area contributed by atoms with Gasteiger partial charge in [0, 0.05) is 5.56 Å². The van der Waals surface area contributed by atoms with Gasteiger partial charge in [0.25, 0.3) is 0 Å². The highest BCUT2D eigenvalue weighted by Crippen LogP contribution is 2.27. The Morgan fingerprint density at radius 3 is 2.06 bits per heavy atom. The third-order valence-electron chi connectivity index (χ3n) is 3.10. The van der Waals surface area contributed by atoms with Crippen LogP contribution < -0.4 is 0 Å². The van der Waals surface area contributed by atoms with Crippen molar-refractivity contribution in [3.63, 3.8) is 0 Å². The summed E-state index contributed by atoms with van der Waals surface area (Å²) in [7, 11) is 0. The van der Waals surface area contributed by atoms with Gasteiger partial charge in [0.1, 0.15) is 0 Å². The van der Waals surface area contributed by atoms with Gasteiger partial charge in [-0.25, -0.2) is 0 Å². The normalized spacial score (nSPS) is 11.3. The molecule has 0 saturated carbocycles. The van der Waals surface area contributed by atoms with E-state index in [-0.39, 0.29) is 5.41 Å². The predicted octanol–water partition coefficient (Wildman–Crippen LogP) is 4.11. The molecule has 1 radical (unpaired) electrons. The molecule has 0 aliphatic heterocycles. The quantitative estimate of drug-likeness (QED) is 0.768. The molecule has 91 valence electrons. The molecule has 2 rings (SSSR count).